The molecule has 1 aromatic carbocycles. The minimum atomic E-state index is -0.820. The molecule has 0 fully saturated rings. The first kappa shape index (κ1) is 16.3. The van der Waals surface area contributed by atoms with Gasteiger partial charge in [-0.15, -0.1) is 0 Å². The molecule has 1 atom stereocenters. The molecule has 0 N–H and O–H groups in total. The Morgan fingerprint density at radius 3 is 3.12 bits per heavy atom. The zero-order chi connectivity index (χ0) is 17.6. The summed E-state index contributed by atoms with van der Waals surface area (Å²) >= 11 is 3.16. The van der Waals surface area contributed by atoms with Crippen molar-refractivity contribution in [2.45, 2.75) is 32.4 Å². The third-order valence-electron chi connectivity index (χ3n) is 4.41. The fourth-order valence-electron chi connectivity index (χ4n) is 3.28. The monoisotopic (exact) mass is 406 g/mol. The van der Waals surface area contributed by atoms with Gasteiger partial charge >= 0.3 is 5.97 Å². The average molecular weight is 407 g/mol. The van der Waals surface area contributed by atoms with Gasteiger partial charge in [-0.2, -0.15) is 5.10 Å². The number of halogens is 2. The second-order valence-electron chi connectivity index (χ2n) is 5.94. The summed E-state index contributed by atoms with van der Waals surface area (Å²) in [5.74, 6) is -0.892. The first-order valence-electron chi connectivity index (χ1n) is 8.13. The fourth-order valence-corrected chi connectivity index (χ4v) is 3.60. The minimum absolute atomic E-state index is 0.208. The van der Waals surface area contributed by atoms with Gasteiger partial charge in [-0.25, -0.2) is 14.2 Å². The van der Waals surface area contributed by atoms with Crippen LogP contribution in [0.25, 0.3) is 10.9 Å². The Morgan fingerprint density at radius 1 is 1.48 bits per heavy atom. The summed E-state index contributed by atoms with van der Waals surface area (Å²) in [4.78, 5) is 17.1. The van der Waals surface area contributed by atoms with Gasteiger partial charge in [-0.05, 0) is 47.8 Å². The molecule has 0 saturated heterocycles. The van der Waals surface area contributed by atoms with E-state index in [1.54, 1.807) is 31.6 Å². The Hall–Kier alpha value is -2.22. The van der Waals surface area contributed by atoms with E-state index in [4.69, 9.17) is 4.74 Å². The van der Waals surface area contributed by atoms with Gasteiger partial charge in [0.05, 0.1) is 23.1 Å². The molecule has 0 unspecified atom stereocenters. The highest BCUT2D eigenvalue weighted by Crippen LogP contribution is 2.30. The first-order chi connectivity index (χ1) is 12.1. The van der Waals surface area contributed by atoms with E-state index in [-0.39, 0.29) is 12.1 Å². The van der Waals surface area contributed by atoms with Crippen molar-refractivity contribution >= 4 is 32.8 Å². The molecule has 0 saturated carbocycles. The predicted molar refractivity (Wildman–Crippen MR) is 92.7 cm³/mol. The Morgan fingerprint density at radius 2 is 2.32 bits per heavy atom. The number of imidazole rings is 1. The van der Waals surface area contributed by atoms with Gasteiger partial charge in [0.15, 0.2) is 11.9 Å². The van der Waals surface area contributed by atoms with Crippen LogP contribution in [0.1, 0.15) is 30.8 Å². The van der Waals surface area contributed by atoms with Crippen molar-refractivity contribution in [3.8, 4) is 0 Å². The van der Waals surface area contributed by atoms with Crippen LogP contribution in [0.5, 0.6) is 0 Å². The van der Waals surface area contributed by atoms with Crippen molar-refractivity contribution in [3.05, 3.63) is 46.3 Å². The van der Waals surface area contributed by atoms with E-state index in [0.717, 1.165) is 25.1 Å². The van der Waals surface area contributed by atoms with E-state index in [9.17, 15) is 9.18 Å². The maximum Gasteiger partial charge on any atom is 0.337 e. The quantitative estimate of drug-likeness (QED) is 0.624. The zero-order valence-corrected chi connectivity index (χ0v) is 15.2. The SMILES string of the molecule is CCOC(=O)[C@@H](c1ncn2c1CCC2)n1cc2ccc(Br)c(F)c2n1. The van der Waals surface area contributed by atoms with Gasteiger partial charge in [-0.1, -0.05) is 0 Å². The van der Waals surface area contributed by atoms with Crippen LogP contribution < -0.4 is 0 Å². The summed E-state index contributed by atoms with van der Waals surface area (Å²) in [6, 6.07) is 2.56. The number of hydrogen-bond acceptors (Lipinski definition) is 4. The maximum absolute atomic E-state index is 14.3. The topological polar surface area (TPSA) is 61.9 Å². The van der Waals surface area contributed by atoms with Crippen molar-refractivity contribution in [2.75, 3.05) is 6.61 Å². The number of esters is 1. The summed E-state index contributed by atoms with van der Waals surface area (Å²) in [5.41, 5.74) is 1.85. The summed E-state index contributed by atoms with van der Waals surface area (Å²) < 4.78 is 23.4. The van der Waals surface area contributed by atoms with Crippen molar-refractivity contribution in [1.29, 1.82) is 0 Å². The van der Waals surface area contributed by atoms with Crippen LogP contribution in [0.4, 0.5) is 4.39 Å². The normalized spacial score (nSPS) is 14.7. The molecule has 25 heavy (non-hydrogen) atoms. The third kappa shape index (κ3) is 2.64. The summed E-state index contributed by atoms with van der Waals surface area (Å²) in [6.45, 7) is 2.90. The smallest absolute Gasteiger partial charge is 0.337 e. The average Bonchev–Trinajstić information content (AvgIpc) is 3.28. The summed E-state index contributed by atoms with van der Waals surface area (Å²) in [7, 11) is 0. The molecule has 130 valence electrons. The van der Waals surface area contributed by atoms with Crippen molar-refractivity contribution in [2.24, 2.45) is 0 Å². The maximum atomic E-state index is 14.3. The van der Waals surface area contributed by atoms with Gasteiger partial charge in [0, 0.05) is 23.8 Å². The summed E-state index contributed by atoms with van der Waals surface area (Å²) in [5, 5.41) is 4.94. The molecule has 0 aliphatic carbocycles. The standard InChI is InChI=1S/C17H16BrFN4O2/c1-2-25-17(24)16(15-12-4-3-7-22(12)9-20-15)23-8-10-5-6-11(18)13(19)14(10)21-23/h5-6,8-9,16H,2-4,7H2,1H3/t16-/m1/s1. The lowest BCUT2D eigenvalue weighted by Crippen LogP contribution is -2.25. The molecule has 0 amide bonds. The number of aromatic nitrogens is 4. The number of aryl methyl sites for hydroxylation is 1. The van der Waals surface area contributed by atoms with E-state index < -0.39 is 17.8 Å². The molecular weight excluding hydrogens is 391 g/mol. The third-order valence-corrected chi connectivity index (χ3v) is 5.02. The molecule has 1 aliphatic heterocycles. The van der Waals surface area contributed by atoms with Gasteiger partial charge in [0.25, 0.3) is 0 Å². The van der Waals surface area contributed by atoms with E-state index in [1.165, 1.54) is 4.68 Å². The summed E-state index contributed by atoms with van der Waals surface area (Å²) in [6.07, 6.45) is 5.27. The second-order valence-corrected chi connectivity index (χ2v) is 6.79. The molecule has 2 aromatic heterocycles. The van der Waals surface area contributed by atoms with Crippen LogP contribution in [0.2, 0.25) is 0 Å². The highest BCUT2D eigenvalue weighted by atomic mass is 79.9. The molecule has 6 nitrogen and oxygen atoms in total. The van der Waals surface area contributed by atoms with Crippen LogP contribution in [0.3, 0.4) is 0 Å². The number of ether oxygens (including phenoxy) is 1. The Labute approximate surface area is 151 Å². The van der Waals surface area contributed by atoms with Crippen molar-refractivity contribution in [3.63, 3.8) is 0 Å². The lowest BCUT2D eigenvalue weighted by molar-refractivity contribution is -0.146. The molecular formula is C17H16BrFN4O2. The number of benzene rings is 1. The van der Waals surface area contributed by atoms with E-state index in [1.807, 2.05) is 4.57 Å². The molecule has 8 heteroatoms. The number of rotatable bonds is 4. The predicted octanol–water partition coefficient (Wildman–Crippen LogP) is 3.23. The number of carbonyl (C=O) groups is 1. The minimum Gasteiger partial charge on any atom is -0.464 e. The molecule has 0 bridgehead atoms. The largest absolute Gasteiger partial charge is 0.464 e. The van der Waals surface area contributed by atoms with Gasteiger partial charge < -0.3 is 9.30 Å². The lowest BCUT2D eigenvalue weighted by Gasteiger charge is -2.15. The van der Waals surface area contributed by atoms with Crippen LogP contribution in [-0.2, 0) is 22.5 Å². The highest BCUT2D eigenvalue weighted by molar-refractivity contribution is 9.10. The first-order valence-corrected chi connectivity index (χ1v) is 8.93. The second kappa shape index (κ2) is 6.25. The molecule has 3 aromatic rings. The van der Waals surface area contributed by atoms with Crippen molar-refractivity contribution in [1.82, 2.24) is 19.3 Å². The van der Waals surface area contributed by atoms with Crippen LogP contribution in [-0.4, -0.2) is 31.9 Å². The zero-order valence-electron chi connectivity index (χ0n) is 13.6. The number of nitrogens with zero attached hydrogens (tertiary/aromatic N) is 4. The number of carbonyl (C=O) groups excluding carboxylic acids is 1. The highest BCUT2D eigenvalue weighted by Gasteiger charge is 2.32. The van der Waals surface area contributed by atoms with Crippen LogP contribution in [0.15, 0.2) is 29.1 Å². The fraction of sp³-hybridized carbons (Fsp3) is 0.353. The van der Waals surface area contributed by atoms with Gasteiger partial charge in [-0.3, -0.25) is 4.68 Å². The van der Waals surface area contributed by atoms with E-state index in [0.29, 0.717) is 15.6 Å². The molecule has 3 heterocycles. The Balaban J connectivity index is 1.86. The van der Waals surface area contributed by atoms with Crippen molar-refractivity contribution < 1.29 is 13.9 Å². The van der Waals surface area contributed by atoms with Gasteiger partial charge in [0.2, 0.25) is 0 Å². The van der Waals surface area contributed by atoms with E-state index in [2.05, 4.69) is 26.0 Å². The molecule has 0 radical (unpaired) electrons. The number of hydrogen-bond donors (Lipinski definition) is 0. The Bertz CT molecular complexity index is 965. The molecule has 4 rings (SSSR count). The molecule has 1 aliphatic rings. The Kier molecular flexibility index (Phi) is 4.07. The van der Waals surface area contributed by atoms with Gasteiger partial charge in [0.1, 0.15) is 5.52 Å². The molecule has 0 spiro atoms. The van der Waals surface area contributed by atoms with Crippen LogP contribution in [0, 0.1) is 5.82 Å². The number of fused-ring (bicyclic) bond motifs is 2. The lowest BCUT2D eigenvalue weighted by atomic mass is 10.1. The van der Waals surface area contributed by atoms with E-state index >= 15 is 0 Å². The van der Waals surface area contributed by atoms with Crippen LogP contribution >= 0.6 is 15.9 Å².